The first kappa shape index (κ1) is 17.8. The second-order valence-electron chi connectivity index (χ2n) is 7.68. The Balaban J connectivity index is 1.64. The number of carboxylic acid groups (broad SMARTS) is 1. The summed E-state index contributed by atoms with van der Waals surface area (Å²) in [5, 5.41) is 9.45. The number of ether oxygens (including phenoxy) is 1. The van der Waals surface area contributed by atoms with Crippen LogP contribution in [-0.2, 0) is 9.59 Å². The van der Waals surface area contributed by atoms with Crippen molar-refractivity contribution < 1.29 is 19.4 Å². The van der Waals surface area contributed by atoms with Crippen molar-refractivity contribution >= 4 is 11.9 Å². The lowest BCUT2D eigenvalue weighted by molar-refractivity contribution is -0.143. The van der Waals surface area contributed by atoms with Crippen molar-refractivity contribution in [1.29, 1.82) is 0 Å². The lowest BCUT2D eigenvalue weighted by Crippen LogP contribution is -2.39. The van der Waals surface area contributed by atoms with Gasteiger partial charge in [-0.2, -0.15) is 0 Å². The molecule has 5 heteroatoms. The molecule has 0 bridgehead atoms. The van der Waals surface area contributed by atoms with E-state index in [0.29, 0.717) is 30.7 Å². The van der Waals surface area contributed by atoms with E-state index in [9.17, 15) is 14.7 Å². The average Bonchev–Trinajstić information content (AvgIpc) is 3.32. The van der Waals surface area contributed by atoms with Crippen LogP contribution in [0.2, 0.25) is 0 Å². The molecule has 5 nitrogen and oxygen atoms in total. The topological polar surface area (TPSA) is 66.8 Å². The maximum absolute atomic E-state index is 12.7. The lowest BCUT2D eigenvalue weighted by Gasteiger charge is -2.22. The van der Waals surface area contributed by atoms with Crippen molar-refractivity contribution in [2.45, 2.75) is 45.6 Å². The normalized spacial score (nSPS) is 24.4. The summed E-state index contributed by atoms with van der Waals surface area (Å²) in [6.45, 7) is 6.81. The Morgan fingerprint density at radius 1 is 1.20 bits per heavy atom. The van der Waals surface area contributed by atoms with Crippen molar-refractivity contribution in [1.82, 2.24) is 4.90 Å². The fourth-order valence-electron chi connectivity index (χ4n) is 3.73. The molecule has 1 aliphatic carbocycles. The first-order valence-electron chi connectivity index (χ1n) is 9.15. The molecule has 3 atom stereocenters. The monoisotopic (exact) mass is 345 g/mol. The van der Waals surface area contributed by atoms with Crippen molar-refractivity contribution in [3.63, 3.8) is 0 Å². The highest BCUT2D eigenvalue weighted by molar-refractivity contribution is 5.82. The van der Waals surface area contributed by atoms with Crippen LogP contribution in [0.4, 0.5) is 0 Å². The van der Waals surface area contributed by atoms with Crippen LogP contribution in [0.1, 0.15) is 45.1 Å². The minimum Gasteiger partial charge on any atom is -0.481 e. The molecule has 1 aliphatic heterocycles. The molecule has 2 fully saturated rings. The van der Waals surface area contributed by atoms with Gasteiger partial charge in [-0.3, -0.25) is 9.59 Å². The zero-order valence-electron chi connectivity index (χ0n) is 15.1. The molecular formula is C20H27NO4. The molecule has 1 amide bonds. The molecule has 1 saturated heterocycles. The van der Waals surface area contributed by atoms with Gasteiger partial charge < -0.3 is 14.7 Å². The highest BCUT2D eigenvalue weighted by Crippen LogP contribution is 2.44. The minimum atomic E-state index is -0.787. The number of hydrogen-bond donors (Lipinski definition) is 1. The third-order valence-electron chi connectivity index (χ3n) is 5.41. The first-order valence-corrected chi connectivity index (χ1v) is 9.15. The molecule has 25 heavy (non-hydrogen) atoms. The van der Waals surface area contributed by atoms with Crippen LogP contribution < -0.4 is 4.74 Å². The van der Waals surface area contributed by atoms with Crippen molar-refractivity contribution in [2.75, 3.05) is 13.1 Å². The smallest absolute Gasteiger partial charge is 0.308 e. The van der Waals surface area contributed by atoms with Crippen molar-refractivity contribution in [2.24, 2.45) is 17.8 Å². The zero-order chi connectivity index (χ0) is 18.1. The van der Waals surface area contributed by atoms with Gasteiger partial charge in [0.1, 0.15) is 5.75 Å². The molecular weight excluding hydrogens is 318 g/mol. The van der Waals surface area contributed by atoms with Gasteiger partial charge in [-0.1, -0.05) is 26.0 Å². The van der Waals surface area contributed by atoms with Gasteiger partial charge in [0.05, 0.1) is 5.92 Å². The quantitative estimate of drug-likeness (QED) is 0.860. The number of nitrogens with zero attached hydrogens (tertiary/aromatic N) is 1. The van der Waals surface area contributed by atoms with Gasteiger partial charge in [0.2, 0.25) is 0 Å². The number of amides is 1. The fourth-order valence-corrected chi connectivity index (χ4v) is 3.73. The molecule has 1 aromatic carbocycles. The number of hydrogen-bond acceptors (Lipinski definition) is 3. The second-order valence-corrected chi connectivity index (χ2v) is 7.68. The summed E-state index contributed by atoms with van der Waals surface area (Å²) in [6.07, 6.45) is 1.56. The summed E-state index contributed by atoms with van der Waals surface area (Å²) < 4.78 is 5.85. The predicted molar refractivity (Wildman–Crippen MR) is 94.5 cm³/mol. The van der Waals surface area contributed by atoms with E-state index >= 15 is 0 Å². The van der Waals surface area contributed by atoms with Crippen LogP contribution in [0.5, 0.6) is 5.75 Å². The number of carbonyl (C=O) groups excluding carboxylic acids is 1. The minimum absolute atomic E-state index is 0.0953. The van der Waals surface area contributed by atoms with Crippen LogP contribution in [0.3, 0.4) is 0 Å². The van der Waals surface area contributed by atoms with Gasteiger partial charge in [0.15, 0.2) is 6.10 Å². The predicted octanol–water partition coefficient (Wildman–Crippen LogP) is 3.15. The van der Waals surface area contributed by atoms with Gasteiger partial charge in [-0.05, 0) is 55.2 Å². The largest absolute Gasteiger partial charge is 0.481 e. The molecule has 0 spiro atoms. The molecule has 0 radical (unpaired) electrons. The Morgan fingerprint density at radius 3 is 2.52 bits per heavy atom. The van der Waals surface area contributed by atoms with Gasteiger partial charge in [0.25, 0.3) is 5.91 Å². The zero-order valence-corrected chi connectivity index (χ0v) is 15.1. The Hall–Kier alpha value is -2.04. The molecule has 136 valence electrons. The summed E-state index contributed by atoms with van der Waals surface area (Å²) in [5.74, 6) is 0.294. The van der Waals surface area contributed by atoms with E-state index in [4.69, 9.17) is 4.74 Å². The third kappa shape index (κ3) is 3.97. The Morgan fingerprint density at radius 2 is 1.92 bits per heavy atom. The van der Waals surface area contributed by atoms with Crippen LogP contribution in [0.15, 0.2) is 24.3 Å². The van der Waals surface area contributed by atoms with E-state index in [1.165, 1.54) is 0 Å². The van der Waals surface area contributed by atoms with Gasteiger partial charge >= 0.3 is 5.97 Å². The summed E-state index contributed by atoms with van der Waals surface area (Å²) in [5.41, 5.74) is 1.16. The van der Waals surface area contributed by atoms with Crippen LogP contribution >= 0.6 is 0 Å². The second kappa shape index (κ2) is 7.06. The molecule has 1 heterocycles. The Bertz CT molecular complexity index is 653. The average molecular weight is 345 g/mol. The van der Waals surface area contributed by atoms with E-state index in [1.54, 1.807) is 11.8 Å². The van der Waals surface area contributed by atoms with E-state index in [2.05, 4.69) is 13.8 Å². The maximum atomic E-state index is 12.7. The summed E-state index contributed by atoms with van der Waals surface area (Å²) >= 11 is 0. The van der Waals surface area contributed by atoms with Gasteiger partial charge in [-0.15, -0.1) is 0 Å². The number of carbonyl (C=O) groups is 2. The van der Waals surface area contributed by atoms with Crippen LogP contribution in [0.25, 0.3) is 0 Å². The SMILES string of the molecule is CC(Oc1cccc(C(C)C)c1)C(=O)N1C[C@H](C(=O)O)[C@@H](C2CC2)C1. The fraction of sp³-hybridized carbons (Fsp3) is 0.600. The number of carboxylic acids is 1. The summed E-state index contributed by atoms with van der Waals surface area (Å²) in [4.78, 5) is 25.9. The van der Waals surface area contributed by atoms with Crippen LogP contribution in [-0.4, -0.2) is 41.1 Å². The molecule has 2 aliphatic rings. The summed E-state index contributed by atoms with van der Waals surface area (Å²) in [6, 6.07) is 7.79. The third-order valence-corrected chi connectivity index (χ3v) is 5.41. The van der Waals surface area contributed by atoms with E-state index in [-0.39, 0.29) is 11.8 Å². The number of aliphatic carboxylic acids is 1. The van der Waals surface area contributed by atoms with Crippen LogP contribution in [0, 0.1) is 17.8 Å². The van der Waals surface area contributed by atoms with E-state index < -0.39 is 18.0 Å². The number of rotatable bonds is 6. The Labute approximate surface area is 149 Å². The highest BCUT2D eigenvalue weighted by Gasteiger charge is 2.47. The molecule has 3 rings (SSSR count). The highest BCUT2D eigenvalue weighted by atomic mass is 16.5. The molecule has 1 unspecified atom stereocenters. The van der Waals surface area contributed by atoms with Gasteiger partial charge in [0, 0.05) is 13.1 Å². The number of likely N-dealkylation sites (tertiary alicyclic amines) is 1. The lowest BCUT2D eigenvalue weighted by atomic mass is 9.92. The maximum Gasteiger partial charge on any atom is 0.308 e. The molecule has 1 N–H and O–H groups in total. The first-order chi connectivity index (χ1) is 11.9. The van der Waals surface area contributed by atoms with E-state index in [1.807, 2.05) is 24.3 Å². The Kier molecular flexibility index (Phi) is 5.02. The standard InChI is InChI=1S/C20H27NO4/c1-12(2)15-5-4-6-16(9-15)25-13(3)19(22)21-10-17(14-7-8-14)18(11-21)20(23)24/h4-6,9,12-14,17-18H,7-8,10-11H2,1-3H3,(H,23,24)/t13?,17-,18+/m1/s1. The van der Waals surface area contributed by atoms with E-state index in [0.717, 1.165) is 18.4 Å². The van der Waals surface area contributed by atoms with Crippen molar-refractivity contribution in [3.8, 4) is 5.75 Å². The number of benzene rings is 1. The molecule has 1 saturated carbocycles. The molecule has 0 aromatic heterocycles. The molecule has 1 aromatic rings. The van der Waals surface area contributed by atoms with Gasteiger partial charge in [-0.25, -0.2) is 0 Å². The summed E-state index contributed by atoms with van der Waals surface area (Å²) in [7, 11) is 0. The van der Waals surface area contributed by atoms with Crippen molar-refractivity contribution in [3.05, 3.63) is 29.8 Å².